The second-order valence-corrected chi connectivity index (χ2v) is 8.39. The number of hydrogen-bond acceptors (Lipinski definition) is 6. The van der Waals surface area contributed by atoms with Crippen LogP contribution in [0.15, 0.2) is 47.8 Å². The third-order valence-corrected chi connectivity index (χ3v) is 6.59. The Morgan fingerprint density at radius 3 is 2.67 bits per heavy atom. The lowest BCUT2D eigenvalue weighted by Crippen LogP contribution is -2.48. The summed E-state index contributed by atoms with van der Waals surface area (Å²) < 4.78 is 0. The molecule has 0 radical (unpaired) electrons. The van der Waals surface area contributed by atoms with Crippen LogP contribution in [0.5, 0.6) is 0 Å². The van der Waals surface area contributed by atoms with E-state index in [0.717, 1.165) is 37.8 Å². The predicted molar refractivity (Wildman–Crippen MR) is 112 cm³/mol. The Labute approximate surface area is 174 Å². The number of rotatable bonds is 4. The van der Waals surface area contributed by atoms with Crippen LogP contribution in [-0.4, -0.2) is 46.1 Å². The number of nitrogens with zero attached hydrogens (tertiary/aromatic N) is 5. The molecule has 1 spiro atoms. The van der Waals surface area contributed by atoms with Crippen molar-refractivity contribution in [3.63, 3.8) is 0 Å². The standard InChI is InChI=1S/C22H24N6O2/c23-20(29)17-12-19(25-14-24-17)27-11-7-16(22(13-27)8-9-22)21(30)28-18(6-10-26-28)15-4-2-1-3-5-15/h1-5,10,12,14,16,18H,6-9,11,13H2,(H2,23,29). The zero-order valence-corrected chi connectivity index (χ0v) is 16.6. The molecule has 2 fully saturated rings. The van der Waals surface area contributed by atoms with Crippen LogP contribution in [-0.2, 0) is 4.79 Å². The van der Waals surface area contributed by atoms with Gasteiger partial charge in [0.15, 0.2) is 0 Å². The topological polar surface area (TPSA) is 105 Å². The van der Waals surface area contributed by atoms with Gasteiger partial charge < -0.3 is 10.6 Å². The molecular formula is C22H24N6O2. The van der Waals surface area contributed by atoms with E-state index in [9.17, 15) is 9.59 Å². The summed E-state index contributed by atoms with van der Waals surface area (Å²) in [6.07, 6.45) is 6.73. The highest BCUT2D eigenvalue weighted by Gasteiger charge is 2.56. The van der Waals surface area contributed by atoms with Crippen LogP contribution >= 0.6 is 0 Å². The van der Waals surface area contributed by atoms with Gasteiger partial charge in [0, 0.05) is 37.7 Å². The molecule has 1 saturated carbocycles. The number of hydrogen-bond donors (Lipinski definition) is 1. The fourth-order valence-corrected chi connectivity index (χ4v) is 4.80. The summed E-state index contributed by atoms with van der Waals surface area (Å²) in [6, 6.07) is 11.7. The van der Waals surface area contributed by atoms with E-state index in [-0.39, 0.29) is 29.0 Å². The van der Waals surface area contributed by atoms with Crippen LogP contribution in [0.25, 0.3) is 0 Å². The first-order valence-electron chi connectivity index (χ1n) is 10.3. The highest BCUT2D eigenvalue weighted by molar-refractivity contribution is 5.91. The molecule has 2 aliphatic heterocycles. The molecule has 2 aromatic rings. The van der Waals surface area contributed by atoms with Gasteiger partial charge in [0.2, 0.25) is 5.91 Å². The van der Waals surface area contributed by atoms with Crippen molar-refractivity contribution in [3.8, 4) is 0 Å². The van der Waals surface area contributed by atoms with Gasteiger partial charge in [0.25, 0.3) is 5.91 Å². The summed E-state index contributed by atoms with van der Waals surface area (Å²) in [4.78, 5) is 35.4. The van der Waals surface area contributed by atoms with Crippen LogP contribution < -0.4 is 10.6 Å². The molecule has 30 heavy (non-hydrogen) atoms. The van der Waals surface area contributed by atoms with E-state index in [1.807, 2.05) is 24.4 Å². The highest BCUT2D eigenvalue weighted by atomic mass is 16.2. The molecule has 3 heterocycles. The molecule has 1 aromatic carbocycles. The van der Waals surface area contributed by atoms with E-state index in [2.05, 4.69) is 32.1 Å². The van der Waals surface area contributed by atoms with Gasteiger partial charge in [-0.25, -0.2) is 15.0 Å². The van der Waals surface area contributed by atoms with Gasteiger partial charge in [-0.15, -0.1) is 0 Å². The van der Waals surface area contributed by atoms with Crippen LogP contribution in [0.1, 0.15) is 47.8 Å². The summed E-state index contributed by atoms with van der Waals surface area (Å²) in [5, 5.41) is 6.14. The fraction of sp³-hybridized carbons (Fsp3) is 0.409. The van der Waals surface area contributed by atoms with Gasteiger partial charge in [-0.3, -0.25) is 9.59 Å². The molecule has 1 saturated heterocycles. The first-order valence-corrected chi connectivity index (χ1v) is 10.3. The number of amides is 2. The summed E-state index contributed by atoms with van der Waals surface area (Å²) in [6.45, 7) is 1.44. The number of primary amides is 1. The second kappa shape index (κ2) is 7.19. The molecule has 154 valence electrons. The third-order valence-electron chi connectivity index (χ3n) is 6.59. The van der Waals surface area contributed by atoms with E-state index in [1.54, 1.807) is 11.1 Å². The van der Waals surface area contributed by atoms with Crippen molar-refractivity contribution in [2.45, 2.75) is 31.7 Å². The van der Waals surface area contributed by atoms with Gasteiger partial charge in [-0.05, 0) is 30.2 Å². The van der Waals surface area contributed by atoms with E-state index in [4.69, 9.17) is 5.73 Å². The molecular weight excluding hydrogens is 380 g/mol. The van der Waals surface area contributed by atoms with Crippen molar-refractivity contribution < 1.29 is 9.59 Å². The Hall–Kier alpha value is -3.29. The Balaban J connectivity index is 1.34. The number of aromatic nitrogens is 2. The molecule has 2 amide bonds. The molecule has 1 aliphatic carbocycles. The maximum atomic E-state index is 13.5. The number of hydrazone groups is 1. The molecule has 5 rings (SSSR count). The summed E-state index contributed by atoms with van der Waals surface area (Å²) in [5.74, 6) is 0.198. The minimum Gasteiger partial charge on any atom is -0.364 e. The lowest BCUT2D eigenvalue weighted by molar-refractivity contribution is -0.140. The highest BCUT2D eigenvalue weighted by Crippen LogP contribution is 2.57. The second-order valence-electron chi connectivity index (χ2n) is 8.39. The van der Waals surface area contributed by atoms with Gasteiger partial charge in [-0.1, -0.05) is 30.3 Å². The zero-order chi connectivity index (χ0) is 20.7. The van der Waals surface area contributed by atoms with E-state index in [1.165, 1.54) is 6.33 Å². The van der Waals surface area contributed by atoms with Crippen LogP contribution in [0.4, 0.5) is 5.82 Å². The van der Waals surface area contributed by atoms with Crippen molar-refractivity contribution in [3.05, 3.63) is 54.0 Å². The average molecular weight is 404 g/mol. The van der Waals surface area contributed by atoms with Crippen molar-refractivity contribution in [1.82, 2.24) is 15.0 Å². The molecule has 3 aliphatic rings. The van der Waals surface area contributed by atoms with Crippen LogP contribution in [0, 0.1) is 11.3 Å². The summed E-state index contributed by atoms with van der Waals surface area (Å²) in [7, 11) is 0. The number of carbonyl (C=O) groups excluding carboxylic acids is 2. The van der Waals surface area contributed by atoms with E-state index in [0.29, 0.717) is 12.4 Å². The molecule has 2 unspecified atom stereocenters. The van der Waals surface area contributed by atoms with E-state index < -0.39 is 5.91 Å². The van der Waals surface area contributed by atoms with Crippen LogP contribution in [0.2, 0.25) is 0 Å². The minimum atomic E-state index is -0.566. The van der Waals surface area contributed by atoms with Crippen molar-refractivity contribution >= 4 is 23.8 Å². The maximum absolute atomic E-state index is 13.5. The SMILES string of the molecule is NC(=O)c1cc(N2CCC(C(=O)N3N=CCC3c3ccccc3)C3(CC3)C2)ncn1. The monoisotopic (exact) mass is 404 g/mol. The quantitative estimate of drug-likeness (QED) is 0.841. The number of piperidine rings is 1. The van der Waals surface area contributed by atoms with Gasteiger partial charge >= 0.3 is 0 Å². The first kappa shape index (κ1) is 18.7. The van der Waals surface area contributed by atoms with E-state index >= 15 is 0 Å². The van der Waals surface area contributed by atoms with Gasteiger partial charge in [-0.2, -0.15) is 5.10 Å². The summed E-state index contributed by atoms with van der Waals surface area (Å²) >= 11 is 0. The predicted octanol–water partition coefficient (Wildman–Crippen LogP) is 2.14. The Morgan fingerprint density at radius 1 is 1.13 bits per heavy atom. The first-order chi connectivity index (χ1) is 14.6. The van der Waals surface area contributed by atoms with Gasteiger partial charge in [0.1, 0.15) is 17.8 Å². The normalized spacial score (nSPS) is 24.3. The number of carbonyl (C=O) groups is 2. The van der Waals surface area contributed by atoms with Gasteiger partial charge in [0.05, 0.1) is 6.04 Å². The largest absolute Gasteiger partial charge is 0.364 e. The number of anilines is 1. The Bertz CT molecular complexity index is 1000. The van der Waals surface area contributed by atoms with Crippen molar-refractivity contribution in [2.75, 3.05) is 18.0 Å². The van der Waals surface area contributed by atoms with Crippen LogP contribution in [0.3, 0.4) is 0 Å². The van der Waals surface area contributed by atoms with Crippen molar-refractivity contribution in [2.24, 2.45) is 22.2 Å². The Kier molecular flexibility index (Phi) is 4.49. The molecule has 0 bridgehead atoms. The lowest BCUT2D eigenvalue weighted by atomic mass is 9.81. The average Bonchev–Trinajstić information content (AvgIpc) is 3.35. The lowest BCUT2D eigenvalue weighted by Gasteiger charge is -2.40. The van der Waals surface area contributed by atoms with Crippen molar-refractivity contribution in [1.29, 1.82) is 0 Å². The maximum Gasteiger partial charge on any atom is 0.267 e. The number of nitrogens with two attached hydrogens (primary N) is 1. The molecule has 8 nitrogen and oxygen atoms in total. The molecule has 2 atom stereocenters. The third kappa shape index (κ3) is 3.22. The number of benzene rings is 1. The zero-order valence-electron chi connectivity index (χ0n) is 16.6. The minimum absolute atomic E-state index is 0.0208. The smallest absolute Gasteiger partial charge is 0.267 e. The Morgan fingerprint density at radius 2 is 1.93 bits per heavy atom. The summed E-state index contributed by atoms with van der Waals surface area (Å²) in [5.41, 5.74) is 6.63. The fourth-order valence-electron chi connectivity index (χ4n) is 4.80. The molecule has 2 N–H and O–H groups in total. The molecule has 1 aromatic heterocycles. The molecule has 8 heteroatoms.